The van der Waals surface area contributed by atoms with E-state index in [0.29, 0.717) is 24.8 Å². The molecule has 0 atom stereocenters. The summed E-state index contributed by atoms with van der Waals surface area (Å²) in [6.07, 6.45) is 9.70. The van der Waals surface area contributed by atoms with Crippen LogP contribution in [0, 0.1) is 0 Å². The molecule has 0 aliphatic rings. The highest BCUT2D eigenvalue weighted by Gasteiger charge is 2.09. The average molecular weight is 376 g/mol. The molecule has 0 unspecified atom stereocenters. The van der Waals surface area contributed by atoms with Crippen LogP contribution in [0.2, 0.25) is 0 Å². The Hall–Kier alpha value is -3.68. The number of nitrogens with one attached hydrogen (secondary N) is 2. The molecular weight excluding hydrogens is 356 g/mol. The van der Waals surface area contributed by atoms with E-state index < -0.39 is 0 Å². The second-order valence-electron chi connectivity index (χ2n) is 6.20. The summed E-state index contributed by atoms with van der Waals surface area (Å²) in [5, 5.41) is 4.22. The number of rotatable bonds is 7. The highest BCUT2D eigenvalue weighted by atomic mass is 16.5. The van der Waals surface area contributed by atoms with Gasteiger partial charge in [-0.1, -0.05) is 6.07 Å². The fourth-order valence-electron chi connectivity index (χ4n) is 2.97. The molecule has 0 aromatic carbocycles. The van der Waals surface area contributed by atoms with Gasteiger partial charge >= 0.3 is 0 Å². The highest BCUT2D eigenvalue weighted by molar-refractivity contribution is 5.81. The van der Waals surface area contributed by atoms with Crippen molar-refractivity contribution >= 4 is 17.0 Å². The lowest BCUT2D eigenvalue weighted by Gasteiger charge is -2.08. The van der Waals surface area contributed by atoms with Gasteiger partial charge in [0, 0.05) is 48.7 Å². The normalized spacial score (nSPS) is 10.8. The molecule has 142 valence electrons. The van der Waals surface area contributed by atoms with Gasteiger partial charge in [0.25, 0.3) is 0 Å². The number of hydrogen-bond donors (Lipinski definition) is 2. The van der Waals surface area contributed by atoms with Crippen molar-refractivity contribution in [1.82, 2.24) is 24.9 Å². The first-order valence-electron chi connectivity index (χ1n) is 8.79. The van der Waals surface area contributed by atoms with Gasteiger partial charge in [-0.15, -0.1) is 0 Å². The lowest BCUT2D eigenvalue weighted by molar-refractivity contribution is 0.393. The zero-order chi connectivity index (χ0) is 19.3. The van der Waals surface area contributed by atoms with Crippen molar-refractivity contribution in [2.75, 3.05) is 19.5 Å². The zero-order valence-electron chi connectivity index (χ0n) is 15.6. The number of hydrogen-bond acceptors (Lipinski definition) is 7. The third kappa shape index (κ3) is 3.71. The van der Waals surface area contributed by atoms with Crippen molar-refractivity contribution in [2.24, 2.45) is 0 Å². The van der Waals surface area contributed by atoms with E-state index in [9.17, 15) is 0 Å². The van der Waals surface area contributed by atoms with E-state index in [1.54, 1.807) is 26.6 Å². The maximum atomic E-state index is 5.27. The lowest BCUT2D eigenvalue weighted by Crippen LogP contribution is -2.06. The Balaban J connectivity index is 1.45. The molecule has 0 radical (unpaired) electrons. The van der Waals surface area contributed by atoms with E-state index in [2.05, 4.69) is 30.2 Å². The Morgan fingerprint density at radius 2 is 1.86 bits per heavy atom. The number of nitrogens with zero attached hydrogens (tertiary/aromatic N) is 4. The summed E-state index contributed by atoms with van der Waals surface area (Å²) in [4.78, 5) is 20.5. The number of fused-ring (bicyclic) bond motifs is 1. The molecule has 0 aliphatic carbocycles. The fraction of sp³-hybridized carbons (Fsp3) is 0.200. The van der Waals surface area contributed by atoms with E-state index in [1.165, 1.54) is 0 Å². The molecule has 0 fully saturated rings. The summed E-state index contributed by atoms with van der Waals surface area (Å²) in [7, 11) is 3.24. The zero-order valence-corrected chi connectivity index (χ0v) is 15.6. The van der Waals surface area contributed by atoms with Crippen molar-refractivity contribution in [2.45, 2.75) is 13.0 Å². The SMILES string of the molecule is COc1cnc2[nH]cc(Cc3cnc(NCc4cccnc4OC)nc3)c2c1. The summed E-state index contributed by atoms with van der Waals surface area (Å²) >= 11 is 0. The average Bonchev–Trinajstić information content (AvgIpc) is 3.15. The maximum Gasteiger partial charge on any atom is 0.222 e. The summed E-state index contributed by atoms with van der Waals surface area (Å²) in [5.41, 5.74) is 3.90. The van der Waals surface area contributed by atoms with Crippen LogP contribution in [0.4, 0.5) is 5.95 Å². The second kappa shape index (κ2) is 7.91. The number of H-pyrrole nitrogens is 1. The molecule has 0 amide bonds. The van der Waals surface area contributed by atoms with Crippen LogP contribution in [-0.2, 0) is 13.0 Å². The Morgan fingerprint density at radius 1 is 1.00 bits per heavy atom. The predicted octanol–water partition coefficient (Wildman–Crippen LogP) is 2.97. The van der Waals surface area contributed by atoms with Gasteiger partial charge in [-0.2, -0.15) is 0 Å². The molecule has 2 N–H and O–H groups in total. The Labute approximate surface area is 162 Å². The van der Waals surface area contributed by atoms with Crippen LogP contribution < -0.4 is 14.8 Å². The molecule has 8 nitrogen and oxygen atoms in total. The Bertz CT molecular complexity index is 1080. The number of anilines is 1. The van der Waals surface area contributed by atoms with Crippen molar-refractivity contribution in [3.8, 4) is 11.6 Å². The van der Waals surface area contributed by atoms with Gasteiger partial charge in [0.2, 0.25) is 11.8 Å². The van der Waals surface area contributed by atoms with E-state index >= 15 is 0 Å². The lowest BCUT2D eigenvalue weighted by atomic mass is 10.1. The molecular formula is C20H20N6O2. The second-order valence-corrected chi connectivity index (χ2v) is 6.20. The molecule has 4 aromatic heterocycles. The third-order valence-electron chi connectivity index (χ3n) is 4.41. The van der Waals surface area contributed by atoms with Gasteiger partial charge in [-0.05, 0) is 23.3 Å². The van der Waals surface area contributed by atoms with Crippen LogP contribution in [-0.4, -0.2) is 39.1 Å². The molecule has 4 aromatic rings. The number of methoxy groups -OCH3 is 2. The quantitative estimate of drug-likeness (QED) is 0.512. The predicted molar refractivity (Wildman–Crippen MR) is 106 cm³/mol. The minimum absolute atomic E-state index is 0.532. The van der Waals surface area contributed by atoms with Crippen molar-refractivity contribution in [3.05, 3.63) is 65.9 Å². The van der Waals surface area contributed by atoms with Gasteiger partial charge < -0.3 is 19.8 Å². The van der Waals surface area contributed by atoms with E-state index in [0.717, 1.165) is 33.5 Å². The molecule has 0 spiro atoms. The van der Waals surface area contributed by atoms with Gasteiger partial charge in [-0.25, -0.2) is 19.9 Å². The van der Waals surface area contributed by atoms with Crippen molar-refractivity contribution < 1.29 is 9.47 Å². The first kappa shape index (κ1) is 17.7. The standard InChI is InChI=1S/C20H20N6O2/c1-27-16-7-17-15(11-22-18(17)23-12-16)6-13-8-24-20(25-9-13)26-10-14-4-3-5-21-19(14)28-2/h3-5,7-9,11-12H,6,10H2,1-2H3,(H,22,23)(H,24,25,26). The van der Waals surface area contributed by atoms with Crippen LogP contribution in [0.5, 0.6) is 11.6 Å². The highest BCUT2D eigenvalue weighted by Crippen LogP contribution is 2.23. The topological polar surface area (TPSA) is 97.8 Å². The van der Waals surface area contributed by atoms with Crippen LogP contribution in [0.3, 0.4) is 0 Å². The van der Waals surface area contributed by atoms with Gasteiger partial charge in [0.05, 0.1) is 20.4 Å². The van der Waals surface area contributed by atoms with Crippen molar-refractivity contribution in [3.63, 3.8) is 0 Å². The molecule has 4 rings (SSSR count). The number of aromatic amines is 1. The first-order chi connectivity index (χ1) is 13.8. The minimum atomic E-state index is 0.532. The molecule has 0 aliphatic heterocycles. The summed E-state index contributed by atoms with van der Waals surface area (Å²) in [6.45, 7) is 0.532. The summed E-state index contributed by atoms with van der Waals surface area (Å²) < 4.78 is 10.5. The third-order valence-corrected chi connectivity index (χ3v) is 4.41. The van der Waals surface area contributed by atoms with Crippen LogP contribution >= 0.6 is 0 Å². The Morgan fingerprint density at radius 3 is 2.64 bits per heavy atom. The van der Waals surface area contributed by atoms with Crippen LogP contribution in [0.15, 0.2) is 49.2 Å². The maximum absolute atomic E-state index is 5.27. The molecule has 8 heteroatoms. The molecule has 0 saturated carbocycles. The number of ether oxygens (including phenoxy) is 2. The largest absolute Gasteiger partial charge is 0.495 e. The van der Waals surface area contributed by atoms with E-state index in [1.807, 2.05) is 36.8 Å². The van der Waals surface area contributed by atoms with E-state index in [4.69, 9.17) is 9.47 Å². The van der Waals surface area contributed by atoms with Gasteiger partial charge in [0.1, 0.15) is 11.4 Å². The van der Waals surface area contributed by atoms with Crippen LogP contribution in [0.25, 0.3) is 11.0 Å². The number of pyridine rings is 2. The van der Waals surface area contributed by atoms with Gasteiger partial charge in [0.15, 0.2) is 0 Å². The molecule has 0 saturated heterocycles. The summed E-state index contributed by atoms with van der Waals surface area (Å²) in [6, 6.07) is 5.80. The molecule has 0 bridgehead atoms. The number of aromatic nitrogens is 5. The fourth-order valence-corrected chi connectivity index (χ4v) is 2.97. The van der Waals surface area contributed by atoms with E-state index in [-0.39, 0.29) is 0 Å². The molecule has 28 heavy (non-hydrogen) atoms. The monoisotopic (exact) mass is 376 g/mol. The summed E-state index contributed by atoms with van der Waals surface area (Å²) in [5.74, 6) is 1.88. The Kier molecular flexibility index (Phi) is 5.01. The first-order valence-corrected chi connectivity index (χ1v) is 8.79. The van der Waals surface area contributed by atoms with Crippen molar-refractivity contribution in [1.29, 1.82) is 0 Å². The van der Waals surface area contributed by atoms with Gasteiger partial charge in [-0.3, -0.25) is 0 Å². The minimum Gasteiger partial charge on any atom is -0.495 e. The molecule has 4 heterocycles. The smallest absolute Gasteiger partial charge is 0.222 e. The van der Waals surface area contributed by atoms with Crippen LogP contribution in [0.1, 0.15) is 16.7 Å².